The van der Waals surface area contributed by atoms with Gasteiger partial charge in [-0.2, -0.15) is 0 Å². The lowest BCUT2D eigenvalue weighted by Gasteiger charge is -2.35. The number of benzene rings is 1. The van der Waals surface area contributed by atoms with Gasteiger partial charge in [-0.15, -0.1) is 0 Å². The summed E-state index contributed by atoms with van der Waals surface area (Å²) in [5.41, 5.74) is -0.0772. The second-order valence-electron chi connectivity index (χ2n) is 8.66. The highest BCUT2D eigenvalue weighted by atomic mass is 19.3. The maximum absolute atomic E-state index is 15.1. The lowest BCUT2D eigenvalue weighted by molar-refractivity contribution is -0.161. The Kier molecular flexibility index (Phi) is 3.94. The Morgan fingerprint density at radius 2 is 1.93 bits per heavy atom. The van der Waals surface area contributed by atoms with Gasteiger partial charge in [-0.05, 0) is 38.2 Å². The SMILES string of the molecule is Cc1c(N2CC3CCC(F)(F)C(O)C3C2)c(F)cc2c(=O)[nH]c(=O)n(C3CC3)c12. The van der Waals surface area contributed by atoms with Crippen molar-refractivity contribution in [2.45, 2.75) is 50.7 Å². The molecule has 29 heavy (non-hydrogen) atoms. The Morgan fingerprint density at radius 3 is 2.62 bits per heavy atom. The number of H-pyrrole nitrogens is 1. The van der Waals surface area contributed by atoms with Crippen LogP contribution in [0.25, 0.3) is 10.9 Å². The van der Waals surface area contributed by atoms with Gasteiger partial charge in [0, 0.05) is 37.0 Å². The van der Waals surface area contributed by atoms with Crippen molar-refractivity contribution >= 4 is 16.6 Å². The van der Waals surface area contributed by atoms with Gasteiger partial charge in [-0.3, -0.25) is 14.3 Å². The van der Waals surface area contributed by atoms with Crippen molar-refractivity contribution < 1.29 is 18.3 Å². The molecule has 0 bridgehead atoms. The van der Waals surface area contributed by atoms with Gasteiger partial charge in [0.05, 0.1) is 16.6 Å². The zero-order valence-corrected chi connectivity index (χ0v) is 15.9. The first-order valence-corrected chi connectivity index (χ1v) is 9.97. The molecule has 2 saturated carbocycles. The molecule has 6 nitrogen and oxygen atoms in total. The largest absolute Gasteiger partial charge is 0.386 e. The molecule has 5 rings (SSSR count). The summed E-state index contributed by atoms with van der Waals surface area (Å²) in [6, 6.07) is 1.10. The molecule has 0 radical (unpaired) electrons. The highest BCUT2D eigenvalue weighted by Gasteiger charge is 2.53. The second kappa shape index (κ2) is 6.10. The molecule has 2 aliphatic carbocycles. The van der Waals surface area contributed by atoms with E-state index in [4.69, 9.17) is 0 Å². The number of aromatic nitrogens is 2. The molecule has 2 aromatic rings. The van der Waals surface area contributed by atoms with Gasteiger partial charge in [-0.1, -0.05) is 0 Å². The summed E-state index contributed by atoms with van der Waals surface area (Å²) in [6.07, 6.45) is -0.238. The number of nitrogens with one attached hydrogen (secondary N) is 1. The molecule has 0 amide bonds. The van der Waals surface area contributed by atoms with Crippen molar-refractivity contribution in [1.29, 1.82) is 0 Å². The number of hydrogen-bond donors (Lipinski definition) is 2. The minimum absolute atomic E-state index is 0.0273. The predicted octanol–water partition coefficient (Wildman–Crippen LogP) is 2.31. The average Bonchev–Trinajstić information content (AvgIpc) is 3.39. The Hall–Kier alpha value is -2.29. The number of fused-ring (bicyclic) bond motifs is 2. The van der Waals surface area contributed by atoms with E-state index in [1.54, 1.807) is 11.8 Å². The first-order valence-electron chi connectivity index (χ1n) is 9.97. The molecule has 1 aromatic heterocycles. The van der Waals surface area contributed by atoms with Gasteiger partial charge < -0.3 is 10.0 Å². The summed E-state index contributed by atoms with van der Waals surface area (Å²) >= 11 is 0. The highest BCUT2D eigenvalue weighted by Crippen LogP contribution is 2.46. The number of nitrogens with zero attached hydrogens (tertiary/aromatic N) is 2. The number of hydrogen-bond acceptors (Lipinski definition) is 4. The van der Waals surface area contributed by atoms with E-state index in [2.05, 4.69) is 4.98 Å². The Morgan fingerprint density at radius 1 is 1.21 bits per heavy atom. The number of rotatable bonds is 2. The van der Waals surface area contributed by atoms with Crippen LogP contribution in [0.1, 0.15) is 37.3 Å². The van der Waals surface area contributed by atoms with Crippen molar-refractivity contribution in [3.63, 3.8) is 0 Å². The van der Waals surface area contributed by atoms with Crippen LogP contribution < -0.4 is 16.1 Å². The van der Waals surface area contributed by atoms with Crippen LogP contribution >= 0.6 is 0 Å². The van der Waals surface area contributed by atoms with Gasteiger partial charge in [0.1, 0.15) is 11.9 Å². The smallest absolute Gasteiger partial charge is 0.329 e. The number of aryl methyl sites for hydroxylation is 1. The van der Waals surface area contributed by atoms with Crippen LogP contribution in [0.15, 0.2) is 15.7 Å². The van der Waals surface area contributed by atoms with E-state index < -0.39 is 35.0 Å². The molecule has 9 heteroatoms. The summed E-state index contributed by atoms with van der Waals surface area (Å²) in [6.45, 7) is 2.13. The van der Waals surface area contributed by atoms with Crippen LogP contribution in [-0.4, -0.2) is 39.8 Å². The topological polar surface area (TPSA) is 78.3 Å². The zero-order chi connectivity index (χ0) is 20.7. The van der Waals surface area contributed by atoms with Crippen molar-refractivity contribution in [1.82, 2.24) is 9.55 Å². The van der Waals surface area contributed by atoms with Gasteiger partial charge in [0.2, 0.25) is 0 Å². The molecule has 1 aromatic carbocycles. The normalized spacial score (nSPS) is 28.7. The zero-order valence-electron chi connectivity index (χ0n) is 15.9. The van der Waals surface area contributed by atoms with Crippen LogP contribution in [-0.2, 0) is 0 Å². The summed E-state index contributed by atoms with van der Waals surface area (Å²) < 4.78 is 44.5. The maximum atomic E-state index is 15.1. The van der Waals surface area contributed by atoms with E-state index in [-0.39, 0.29) is 42.4 Å². The number of aromatic amines is 1. The summed E-state index contributed by atoms with van der Waals surface area (Å²) in [5.74, 6) is -4.54. The molecule has 0 spiro atoms. The minimum atomic E-state index is -3.13. The number of anilines is 1. The fourth-order valence-corrected chi connectivity index (χ4v) is 5.22. The Labute approximate surface area is 163 Å². The molecule has 1 saturated heterocycles. The first-order chi connectivity index (χ1) is 13.7. The molecule has 3 fully saturated rings. The van der Waals surface area contributed by atoms with Crippen molar-refractivity contribution in [3.05, 3.63) is 38.3 Å². The average molecular weight is 409 g/mol. The molecular formula is C20H22F3N3O3. The lowest BCUT2D eigenvalue weighted by atomic mass is 9.77. The van der Waals surface area contributed by atoms with Gasteiger partial charge in [-0.25, -0.2) is 18.0 Å². The first kappa shape index (κ1) is 18.7. The number of aliphatic hydroxyl groups excluding tert-OH is 1. The number of alkyl halides is 2. The molecule has 2 heterocycles. The maximum Gasteiger partial charge on any atom is 0.329 e. The van der Waals surface area contributed by atoms with E-state index >= 15 is 4.39 Å². The quantitative estimate of drug-likeness (QED) is 0.798. The molecule has 3 unspecified atom stereocenters. The molecule has 156 valence electrons. The van der Waals surface area contributed by atoms with Crippen molar-refractivity contribution in [2.75, 3.05) is 18.0 Å². The summed E-state index contributed by atoms with van der Waals surface area (Å²) in [5, 5.41) is 10.2. The molecule has 1 aliphatic heterocycles. The van der Waals surface area contributed by atoms with Crippen LogP contribution in [0.3, 0.4) is 0 Å². The Bertz CT molecular complexity index is 1120. The monoisotopic (exact) mass is 409 g/mol. The molecular weight excluding hydrogens is 387 g/mol. The number of halogens is 3. The van der Waals surface area contributed by atoms with Crippen molar-refractivity contribution in [2.24, 2.45) is 11.8 Å². The van der Waals surface area contributed by atoms with Gasteiger partial charge in [0.25, 0.3) is 11.5 Å². The lowest BCUT2D eigenvalue weighted by Crippen LogP contribution is -2.46. The second-order valence-corrected chi connectivity index (χ2v) is 8.66. The Balaban J connectivity index is 1.64. The van der Waals surface area contributed by atoms with E-state index in [0.717, 1.165) is 18.9 Å². The summed E-state index contributed by atoms with van der Waals surface area (Å²) in [4.78, 5) is 28.6. The number of aliphatic hydroxyl groups is 1. The van der Waals surface area contributed by atoms with Crippen LogP contribution in [0.5, 0.6) is 0 Å². The highest BCUT2D eigenvalue weighted by molar-refractivity contribution is 5.87. The molecule has 2 N–H and O–H groups in total. The third-order valence-electron chi connectivity index (χ3n) is 6.79. The predicted molar refractivity (Wildman–Crippen MR) is 101 cm³/mol. The summed E-state index contributed by atoms with van der Waals surface area (Å²) in [7, 11) is 0. The van der Waals surface area contributed by atoms with Gasteiger partial charge >= 0.3 is 5.69 Å². The minimum Gasteiger partial charge on any atom is -0.386 e. The van der Waals surface area contributed by atoms with Crippen LogP contribution in [0.2, 0.25) is 0 Å². The van der Waals surface area contributed by atoms with E-state index in [1.165, 1.54) is 4.57 Å². The third kappa shape index (κ3) is 2.73. The van der Waals surface area contributed by atoms with Crippen molar-refractivity contribution in [3.8, 4) is 0 Å². The third-order valence-corrected chi connectivity index (χ3v) is 6.79. The standard InChI is InChI=1S/C20H22F3N3O3/c1-9-15-12(18(28)24-19(29)26(15)11-2-3-11)6-14(21)16(9)25-7-10-4-5-20(22,23)17(27)13(10)8-25/h6,10-11,13,17,27H,2-5,7-8H2,1H3,(H,24,28,29). The van der Waals surface area contributed by atoms with E-state index in [9.17, 15) is 23.5 Å². The van der Waals surface area contributed by atoms with Gasteiger partial charge in [0.15, 0.2) is 0 Å². The van der Waals surface area contributed by atoms with E-state index in [0.29, 0.717) is 17.6 Å². The fourth-order valence-electron chi connectivity index (χ4n) is 5.22. The van der Waals surface area contributed by atoms with Crippen LogP contribution in [0, 0.1) is 24.6 Å². The van der Waals surface area contributed by atoms with E-state index in [1.807, 2.05) is 0 Å². The fraction of sp³-hybridized carbons (Fsp3) is 0.600. The molecule has 3 aliphatic rings. The van der Waals surface area contributed by atoms with Crippen LogP contribution in [0.4, 0.5) is 18.9 Å². The molecule has 3 atom stereocenters.